The van der Waals surface area contributed by atoms with Gasteiger partial charge in [0.15, 0.2) is 0 Å². The summed E-state index contributed by atoms with van der Waals surface area (Å²) in [7, 11) is 0. The molecule has 0 saturated carbocycles. The van der Waals surface area contributed by atoms with Crippen molar-refractivity contribution in [1.82, 2.24) is 0 Å². The van der Waals surface area contributed by atoms with Crippen LogP contribution in [0.1, 0.15) is 0 Å². The molecular weight excluding hydrogens is 771 g/mol. The Hall–Kier alpha value is -8.54. The first kappa shape index (κ1) is 36.3. The number of nitrogens with zero attached hydrogens (tertiary/aromatic N) is 3. The Morgan fingerprint density at radius 2 is 0.683 bits per heavy atom. The molecule has 0 radical (unpaired) electrons. The average molecular weight is 810 g/mol. The topological polar surface area (TPSA) is 36.0 Å². The number of hydrogen-bond acceptors (Lipinski definition) is 5. The largest absolute Gasteiger partial charge is 0.456 e. The van der Waals surface area contributed by atoms with E-state index in [9.17, 15) is 0 Å². The molecule has 2 aromatic heterocycles. The van der Waals surface area contributed by atoms with Crippen molar-refractivity contribution in [2.75, 3.05) is 14.7 Å². The lowest BCUT2D eigenvalue weighted by atomic mass is 10.00. The molecular formula is C58H39N3O2. The lowest BCUT2D eigenvalue weighted by Gasteiger charge is -2.30. The summed E-state index contributed by atoms with van der Waals surface area (Å²) in [6, 6.07) is 83.1. The van der Waals surface area contributed by atoms with Crippen LogP contribution in [0.2, 0.25) is 0 Å². The fourth-order valence-electron chi connectivity index (χ4n) is 9.20. The molecule has 12 aromatic rings. The van der Waals surface area contributed by atoms with Gasteiger partial charge in [0.05, 0.1) is 22.4 Å². The second kappa shape index (κ2) is 15.2. The van der Waals surface area contributed by atoms with Crippen LogP contribution in [0, 0.1) is 0 Å². The van der Waals surface area contributed by atoms with E-state index < -0.39 is 0 Å². The molecule has 0 aliphatic rings. The van der Waals surface area contributed by atoms with E-state index in [2.05, 4.69) is 239 Å². The van der Waals surface area contributed by atoms with Crippen molar-refractivity contribution < 1.29 is 8.83 Å². The zero-order valence-electron chi connectivity index (χ0n) is 34.2. The first-order valence-electron chi connectivity index (χ1n) is 21.3. The summed E-state index contributed by atoms with van der Waals surface area (Å²) in [6.07, 6.45) is 0. The number of para-hydroxylation sites is 6. The molecule has 0 amide bonds. The summed E-state index contributed by atoms with van der Waals surface area (Å²) >= 11 is 0. The maximum absolute atomic E-state index is 7.24. The fourth-order valence-corrected chi connectivity index (χ4v) is 9.20. The van der Waals surface area contributed by atoms with Gasteiger partial charge in [-0.1, -0.05) is 133 Å². The van der Waals surface area contributed by atoms with E-state index in [1.165, 1.54) is 0 Å². The number of furan rings is 2. The summed E-state index contributed by atoms with van der Waals surface area (Å²) in [6.45, 7) is 0. The molecule has 12 rings (SSSR count). The van der Waals surface area contributed by atoms with Gasteiger partial charge in [-0.05, 0) is 91.0 Å². The SMILES string of the molecule is c1ccc(N(c2ccccc2)c2cc(N(c3ccccc3)c3ccccc3)c3c(c2)oc2c4ccccc4c(N(c4ccccc4)c4ccc5c(c4)oc4ccccc45)cc23)cc1. The van der Waals surface area contributed by atoms with E-state index in [1.54, 1.807) is 0 Å². The van der Waals surface area contributed by atoms with Gasteiger partial charge in [-0.3, -0.25) is 0 Å². The monoisotopic (exact) mass is 809 g/mol. The first-order chi connectivity index (χ1) is 31.3. The van der Waals surface area contributed by atoms with Gasteiger partial charge in [-0.15, -0.1) is 0 Å². The highest BCUT2D eigenvalue weighted by Gasteiger charge is 2.27. The lowest BCUT2D eigenvalue weighted by molar-refractivity contribution is 0.669. The van der Waals surface area contributed by atoms with Gasteiger partial charge < -0.3 is 23.5 Å². The van der Waals surface area contributed by atoms with E-state index in [0.29, 0.717) is 0 Å². The molecule has 298 valence electrons. The van der Waals surface area contributed by atoms with Crippen molar-refractivity contribution in [1.29, 1.82) is 0 Å². The van der Waals surface area contributed by atoms with Crippen LogP contribution in [0.5, 0.6) is 0 Å². The van der Waals surface area contributed by atoms with Crippen LogP contribution in [-0.4, -0.2) is 0 Å². The molecule has 0 aliphatic carbocycles. The molecule has 2 heterocycles. The average Bonchev–Trinajstić information content (AvgIpc) is 3.92. The Morgan fingerprint density at radius 3 is 1.25 bits per heavy atom. The highest BCUT2D eigenvalue weighted by molar-refractivity contribution is 6.23. The third-order valence-electron chi connectivity index (χ3n) is 12.0. The minimum atomic E-state index is 0.781. The molecule has 0 spiro atoms. The van der Waals surface area contributed by atoms with Crippen LogP contribution in [-0.2, 0) is 0 Å². The Balaban J connectivity index is 1.18. The minimum absolute atomic E-state index is 0.781. The summed E-state index contributed by atoms with van der Waals surface area (Å²) in [5, 5.41) is 6.30. The molecule has 0 atom stereocenters. The molecule has 10 aromatic carbocycles. The fraction of sp³-hybridized carbons (Fsp3) is 0. The quantitative estimate of drug-likeness (QED) is 0.145. The zero-order valence-corrected chi connectivity index (χ0v) is 34.2. The minimum Gasteiger partial charge on any atom is -0.456 e. The first-order valence-corrected chi connectivity index (χ1v) is 21.3. The zero-order chi connectivity index (χ0) is 41.7. The van der Waals surface area contributed by atoms with Gasteiger partial charge in [0.1, 0.15) is 22.3 Å². The Bertz CT molecular complexity index is 3490. The van der Waals surface area contributed by atoms with Gasteiger partial charge in [0.2, 0.25) is 0 Å². The van der Waals surface area contributed by atoms with Crippen molar-refractivity contribution in [2.45, 2.75) is 0 Å². The molecule has 0 N–H and O–H groups in total. The molecule has 5 heteroatoms. The van der Waals surface area contributed by atoms with E-state index >= 15 is 0 Å². The molecule has 5 nitrogen and oxygen atoms in total. The van der Waals surface area contributed by atoms with Crippen molar-refractivity contribution in [3.8, 4) is 0 Å². The molecule has 0 bridgehead atoms. The summed E-state index contributed by atoms with van der Waals surface area (Å²) in [5.41, 5.74) is 12.5. The third kappa shape index (κ3) is 6.25. The molecule has 63 heavy (non-hydrogen) atoms. The van der Waals surface area contributed by atoms with E-state index in [-0.39, 0.29) is 0 Å². The number of benzene rings is 10. The highest BCUT2D eigenvalue weighted by Crippen LogP contribution is 2.51. The lowest BCUT2D eigenvalue weighted by Crippen LogP contribution is -2.13. The molecule has 0 fully saturated rings. The number of anilines is 9. The Labute approximate surface area is 364 Å². The van der Waals surface area contributed by atoms with Crippen LogP contribution in [0.4, 0.5) is 51.2 Å². The van der Waals surface area contributed by atoms with Crippen LogP contribution < -0.4 is 14.7 Å². The number of hydrogen-bond donors (Lipinski definition) is 0. The third-order valence-corrected chi connectivity index (χ3v) is 12.0. The summed E-state index contributed by atoms with van der Waals surface area (Å²) < 4.78 is 13.7. The highest BCUT2D eigenvalue weighted by atomic mass is 16.3. The molecule has 0 saturated heterocycles. The maximum atomic E-state index is 7.24. The standard InChI is InChI=1S/C58H39N3O2/c1-6-20-40(21-7-1)59(41-22-8-2-9-23-41)46-36-53(60(42-24-10-3-11-25-42)43-26-12-4-13-27-43)57-51-39-52(47-30-16-17-32-50(47)58(51)63-56(57)38-46)61(44-28-14-5-15-29-44)45-34-35-49-48-31-18-19-33-54(48)62-55(49)37-45/h1-39H. The predicted molar refractivity (Wildman–Crippen MR) is 263 cm³/mol. The van der Waals surface area contributed by atoms with E-state index in [0.717, 1.165) is 106 Å². The Morgan fingerprint density at radius 1 is 0.238 bits per heavy atom. The summed E-state index contributed by atoms with van der Waals surface area (Å²) in [4.78, 5) is 7.01. The Kier molecular flexibility index (Phi) is 8.75. The van der Waals surface area contributed by atoms with Crippen LogP contribution >= 0.6 is 0 Å². The van der Waals surface area contributed by atoms with Gasteiger partial charge in [-0.2, -0.15) is 0 Å². The smallest absolute Gasteiger partial charge is 0.143 e. The van der Waals surface area contributed by atoms with Crippen LogP contribution in [0.3, 0.4) is 0 Å². The van der Waals surface area contributed by atoms with E-state index in [1.807, 2.05) is 12.1 Å². The van der Waals surface area contributed by atoms with Gasteiger partial charge >= 0.3 is 0 Å². The second-order valence-corrected chi connectivity index (χ2v) is 15.7. The van der Waals surface area contributed by atoms with Gasteiger partial charge in [-0.25, -0.2) is 0 Å². The molecule has 0 aliphatic heterocycles. The van der Waals surface area contributed by atoms with Gasteiger partial charge in [0.25, 0.3) is 0 Å². The normalized spacial score (nSPS) is 11.5. The van der Waals surface area contributed by atoms with Crippen molar-refractivity contribution >= 4 is 106 Å². The van der Waals surface area contributed by atoms with Crippen molar-refractivity contribution in [3.63, 3.8) is 0 Å². The van der Waals surface area contributed by atoms with Gasteiger partial charge in [0, 0.05) is 73.2 Å². The summed E-state index contributed by atoms with van der Waals surface area (Å²) in [5.74, 6) is 0. The van der Waals surface area contributed by atoms with Crippen LogP contribution in [0.15, 0.2) is 245 Å². The van der Waals surface area contributed by atoms with Crippen molar-refractivity contribution in [3.05, 3.63) is 237 Å². The van der Waals surface area contributed by atoms with E-state index in [4.69, 9.17) is 8.83 Å². The number of rotatable bonds is 9. The van der Waals surface area contributed by atoms with Crippen molar-refractivity contribution in [2.24, 2.45) is 0 Å². The maximum Gasteiger partial charge on any atom is 0.143 e. The second-order valence-electron chi connectivity index (χ2n) is 15.7. The number of fused-ring (bicyclic) bond motifs is 8. The predicted octanol–water partition coefficient (Wildman–Crippen LogP) is 17.0. The molecule has 0 unspecified atom stereocenters. The van der Waals surface area contributed by atoms with Crippen LogP contribution in [0.25, 0.3) is 54.6 Å².